The third-order valence-corrected chi connectivity index (χ3v) is 1.89. The highest BCUT2D eigenvalue weighted by Crippen LogP contribution is 2.02. The minimum Gasteiger partial charge on any atom is -0.357 e. The highest BCUT2D eigenvalue weighted by molar-refractivity contribution is 5.92. The second-order valence-corrected chi connectivity index (χ2v) is 3.01. The maximum absolute atomic E-state index is 11.8. The Labute approximate surface area is 84.1 Å². The number of nitrogens with zero attached hydrogens (tertiary/aromatic N) is 1. The van der Waals surface area contributed by atoms with Crippen LogP contribution in [0, 0.1) is 12.3 Å². The number of carbonyl (C=O) groups excluding carboxylic acids is 1. The number of rotatable bonds is 4. The van der Waals surface area contributed by atoms with Gasteiger partial charge in [-0.2, -0.15) is 0 Å². The molecule has 0 fully saturated rings. The molecule has 0 aliphatic carbocycles. The van der Waals surface area contributed by atoms with E-state index in [1.165, 1.54) is 0 Å². The van der Waals surface area contributed by atoms with Gasteiger partial charge < -0.3 is 9.88 Å². The van der Waals surface area contributed by atoms with Crippen LogP contribution in [0.2, 0.25) is 0 Å². The van der Waals surface area contributed by atoms with Gasteiger partial charge in [0.25, 0.3) is 5.91 Å². The Hall–Kier alpha value is -1.69. The van der Waals surface area contributed by atoms with E-state index in [0.717, 1.165) is 6.42 Å². The first kappa shape index (κ1) is 10.4. The van der Waals surface area contributed by atoms with E-state index in [4.69, 9.17) is 6.42 Å². The van der Waals surface area contributed by atoms with Crippen molar-refractivity contribution in [1.82, 2.24) is 9.88 Å². The van der Waals surface area contributed by atoms with E-state index in [1.807, 2.05) is 6.92 Å². The Balaban J connectivity index is 2.69. The molecule has 3 nitrogen and oxygen atoms in total. The summed E-state index contributed by atoms with van der Waals surface area (Å²) >= 11 is 0. The largest absolute Gasteiger partial charge is 0.357 e. The summed E-state index contributed by atoms with van der Waals surface area (Å²) in [6.07, 6.45) is 7.84. The number of amides is 1. The standard InChI is InChI=1S/C11H14N2O/c1-3-8-13(9-4-2)11(14)10-6-5-7-12-10/h1,5-7,12H,4,8-9H2,2H3. The van der Waals surface area contributed by atoms with Crippen molar-refractivity contribution in [3.8, 4) is 12.3 Å². The van der Waals surface area contributed by atoms with Gasteiger partial charge in [0.15, 0.2) is 0 Å². The molecule has 0 radical (unpaired) electrons. The zero-order chi connectivity index (χ0) is 10.4. The van der Waals surface area contributed by atoms with Crippen LogP contribution in [0.4, 0.5) is 0 Å². The van der Waals surface area contributed by atoms with E-state index in [1.54, 1.807) is 23.2 Å². The van der Waals surface area contributed by atoms with Crippen LogP contribution in [0.25, 0.3) is 0 Å². The van der Waals surface area contributed by atoms with Gasteiger partial charge in [-0.3, -0.25) is 4.79 Å². The molecule has 0 bridgehead atoms. The molecule has 0 aliphatic rings. The SMILES string of the molecule is C#CCN(CCC)C(=O)c1ccc[nH]1. The molecule has 0 saturated heterocycles. The Kier molecular flexibility index (Phi) is 3.81. The third-order valence-electron chi connectivity index (χ3n) is 1.89. The first-order valence-electron chi connectivity index (χ1n) is 4.65. The van der Waals surface area contributed by atoms with Crippen LogP contribution in [-0.2, 0) is 0 Å². The molecule has 1 rings (SSSR count). The molecular formula is C11H14N2O. The molecule has 0 unspecified atom stereocenters. The van der Waals surface area contributed by atoms with Crippen molar-refractivity contribution in [2.24, 2.45) is 0 Å². The minimum absolute atomic E-state index is 0.0326. The van der Waals surface area contributed by atoms with E-state index < -0.39 is 0 Å². The number of aromatic amines is 1. The monoisotopic (exact) mass is 190 g/mol. The van der Waals surface area contributed by atoms with Gasteiger partial charge in [0.1, 0.15) is 5.69 Å². The third kappa shape index (κ3) is 2.40. The van der Waals surface area contributed by atoms with Gasteiger partial charge in [-0.05, 0) is 18.6 Å². The molecule has 0 aromatic carbocycles. The van der Waals surface area contributed by atoms with Crippen molar-refractivity contribution in [2.45, 2.75) is 13.3 Å². The predicted octanol–water partition coefficient (Wildman–Crippen LogP) is 1.50. The lowest BCUT2D eigenvalue weighted by atomic mass is 10.3. The molecule has 3 heteroatoms. The van der Waals surface area contributed by atoms with E-state index in [-0.39, 0.29) is 5.91 Å². The second-order valence-electron chi connectivity index (χ2n) is 3.01. The van der Waals surface area contributed by atoms with Crippen molar-refractivity contribution < 1.29 is 4.79 Å². The summed E-state index contributed by atoms with van der Waals surface area (Å²) in [7, 11) is 0. The fourth-order valence-electron chi connectivity index (χ4n) is 1.27. The lowest BCUT2D eigenvalue weighted by Gasteiger charge is -2.18. The average molecular weight is 190 g/mol. The van der Waals surface area contributed by atoms with E-state index in [9.17, 15) is 4.79 Å². The Bertz CT molecular complexity index is 322. The summed E-state index contributed by atoms with van der Waals surface area (Å²) in [5.41, 5.74) is 0.591. The molecule has 1 N–H and O–H groups in total. The van der Waals surface area contributed by atoms with Crippen LogP contribution in [0.5, 0.6) is 0 Å². The number of aromatic nitrogens is 1. The maximum Gasteiger partial charge on any atom is 0.271 e. The summed E-state index contributed by atoms with van der Waals surface area (Å²) in [6.45, 7) is 3.08. The first-order chi connectivity index (χ1) is 6.79. The lowest BCUT2D eigenvalue weighted by molar-refractivity contribution is 0.0772. The average Bonchev–Trinajstić information content (AvgIpc) is 2.69. The number of carbonyl (C=O) groups is 1. The van der Waals surface area contributed by atoms with Crippen molar-refractivity contribution in [1.29, 1.82) is 0 Å². The number of nitrogens with one attached hydrogen (secondary N) is 1. The van der Waals surface area contributed by atoms with E-state index >= 15 is 0 Å². The summed E-state index contributed by atoms with van der Waals surface area (Å²) < 4.78 is 0. The number of terminal acetylenes is 1. The normalized spacial score (nSPS) is 9.43. The number of hydrogen-bond donors (Lipinski definition) is 1. The van der Waals surface area contributed by atoms with Crippen LogP contribution in [0.3, 0.4) is 0 Å². The molecule has 0 spiro atoms. The number of H-pyrrole nitrogens is 1. The molecule has 1 amide bonds. The van der Waals surface area contributed by atoms with Crippen LogP contribution < -0.4 is 0 Å². The fraction of sp³-hybridized carbons (Fsp3) is 0.364. The second kappa shape index (κ2) is 5.13. The van der Waals surface area contributed by atoms with Gasteiger partial charge in [0, 0.05) is 12.7 Å². The highest BCUT2D eigenvalue weighted by Gasteiger charge is 2.13. The Morgan fingerprint density at radius 1 is 1.71 bits per heavy atom. The molecule has 14 heavy (non-hydrogen) atoms. The number of hydrogen-bond acceptors (Lipinski definition) is 1. The maximum atomic E-state index is 11.8. The van der Waals surface area contributed by atoms with Crippen LogP contribution >= 0.6 is 0 Å². The molecule has 0 saturated carbocycles. The minimum atomic E-state index is -0.0326. The van der Waals surface area contributed by atoms with Gasteiger partial charge in [0.05, 0.1) is 6.54 Å². The highest BCUT2D eigenvalue weighted by atomic mass is 16.2. The topological polar surface area (TPSA) is 36.1 Å². The predicted molar refractivity (Wildman–Crippen MR) is 55.8 cm³/mol. The quantitative estimate of drug-likeness (QED) is 0.717. The summed E-state index contributed by atoms with van der Waals surface area (Å²) in [6, 6.07) is 3.55. The Morgan fingerprint density at radius 3 is 3.00 bits per heavy atom. The smallest absolute Gasteiger partial charge is 0.271 e. The van der Waals surface area contributed by atoms with Gasteiger partial charge in [0.2, 0.25) is 0 Å². The van der Waals surface area contributed by atoms with Crippen molar-refractivity contribution >= 4 is 5.91 Å². The lowest BCUT2D eigenvalue weighted by Crippen LogP contribution is -2.32. The van der Waals surface area contributed by atoms with Crippen LogP contribution in [0.15, 0.2) is 18.3 Å². The van der Waals surface area contributed by atoms with Crippen molar-refractivity contribution in [3.05, 3.63) is 24.0 Å². The van der Waals surface area contributed by atoms with Crippen molar-refractivity contribution in [2.75, 3.05) is 13.1 Å². The van der Waals surface area contributed by atoms with Crippen molar-refractivity contribution in [3.63, 3.8) is 0 Å². The molecule has 1 heterocycles. The molecule has 74 valence electrons. The first-order valence-corrected chi connectivity index (χ1v) is 4.65. The van der Waals surface area contributed by atoms with Gasteiger partial charge >= 0.3 is 0 Å². The molecule has 1 aromatic heterocycles. The summed E-state index contributed by atoms with van der Waals surface area (Å²) in [5, 5.41) is 0. The zero-order valence-corrected chi connectivity index (χ0v) is 8.29. The van der Waals surface area contributed by atoms with Gasteiger partial charge in [-0.25, -0.2) is 0 Å². The summed E-state index contributed by atoms with van der Waals surface area (Å²) in [4.78, 5) is 16.3. The van der Waals surface area contributed by atoms with E-state index in [0.29, 0.717) is 18.8 Å². The molecule has 1 aromatic rings. The molecule has 0 atom stereocenters. The fourth-order valence-corrected chi connectivity index (χ4v) is 1.27. The zero-order valence-electron chi connectivity index (χ0n) is 8.29. The summed E-state index contributed by atoms with van der Waals surface area (Å²) in [5.74, 6) is 2.45. The molecule has 0 aliphatic heterocycles. The van der Waals surface area contributed by atoms with Gasteiger partial charge in [-0.1, -0.05) is 12.8 Å². The Morgan fingerprint density at radius 2 is 2.50 bits per heavy atom. The molecular weight excluding hydrogens is 176 g/mol. The van der Waals surface area contributed by atoms with Gasteiger partial charge in [-0.15, -0.1) is 6.42 Å². The van der Waals surface area contributed by atoms with Crippen LogP contribution in [-0.4, -0.2) is 28.9 Å². The van der Waals surface area contributed by atoms with Crippen LogP contribution in [0.1, 0.15) is 23.8 Å². The van der Waals surface area contributed by atoms with E-state index in [2.05, 4.69) is 10.9 Å².